The smallest absolute Gasteiger partial charge is 0.0518 e. The van der Waals surface area contributed by atoms with E-state index in [1.165, 1.54) is 45.1 Å². The SMILES string of the molecule is CC(C)OCCCCCCNC1CC1. The molecule has 0 radical (unpaired) electrons. The summed E-state index contributed by atoms with van der Waals surface area (Å²) in [6, 6.07) is 0.874. The second-order valence-electron chi connectivity index (χ2n) is 4.56. The fourth-order valence-corrected chi connectivity index (χ4v) is 1.49. The second-order valence-corrected chi connectivity index (χ2v) is 4.56. The second kappa shape index (κ2) is 7.24. The first-order chi connectivity index (χ1) is 6.79. The minimum absolute atomic E-state index is 0.395. The summed E-state index contributed by atoms with van der Waals surface area (Å²) in [6.45, 7) is 6.35. The van der Waals surface area contributed by atoms with Crippen molar-refractivity contribution in [3.05, 3.63) is 0 Å². The van der Waals surface area contributed by atoms with Gasteiger partial charge in [-0.05, 0) is 46.1 Å². The third-order valence-corrected chi connectivity index (χ3v) is 2.53. The van der Waals surface area contributed by atoms with Gasteiger partial charge in [0.05, 0.1) is 6.10 Å². The summed E-state index contributed by atoms with van der Waals surface area (Å²) in [6.07, 6.45) is 8.43. The van der Waals surface area contributed by atoms with E-state index >= 15 is 0 Å². The van der Waals surface area contributed by atoms with Crippen LogP contribution in [0.2, 0.25) is 0 Å². The van der Waals surface area contributed by atoms with Crippen molar-refractivity contribution in [2.45, 2.75) is 64.5 Å². The number of nitrogens with one attached hydrogen (secondary N) is 1. The molecule has 0 aliphatic heterocycles. The van der Waals surface area contributed by atoms with Crippen LogP contribution in [0.5, 0.6) is 0 Å². The van der Waals surface area contributed by atoms with Crippen LogP contribution in [0.15, 0.2) is 0 Å². The monoisotopic (exact) mass is 199 g/mol. The third kappa shape index (κ3) is 7.34. The van der Waals surface area contributed by atoms with Crippen molar-refractivity contribution in [1.82, 2.24) is 5.32 Å². The van der Waals surface area contributed by atoms with Crippen LogP contribution in [-0.2, 0) is 4.74 Å². The first kappa shape index (κ1) is 12.0. The van der Waals surface area contributed by atoms with Gasteiger partial charge >= 0.3 is 0 Å². The van der Waals surface area contributed by atoms with Crippen molar-refractivity contribution in [2.75, 3.05) is 13.2 Å². The Balaban J connectivity index is 1.66. The molecule has 1 fully saturated rings. The van der Waals surface area contributed by atoms with Gasteiger partial charge in [0.2, 0.25) is 0 Å². The Kier molecular flexibility index (Phi) is 6.20. The van der Waals surface area contributed by atoms with Crippen molar-refractivity contribution >= 4 is 0 Å². The number of hydrogen-bond donors (Lipinski definition) is 1. The Morgan fingerprint density at radius 2 is 1.86 bits per heavy atom. The molecule has 1 saturated carbocycles. The van der Waals surface area contributed by atoms with Gasteiger partial charge in [0, 0.05) is 12.6 Å². The highest BCUT2D eigenvalue weighted by molar-refractivity contribution is 4.80. The van der Waals surface area contributed by atoms with Gasteiger partial charge in [-0.3, -0.25) is 0 Å². The first-order valence-corrected chi connectivity index (χ1v) is 6.14. The van der Waals surface area contributed by atoms with E-state index in [4.69, 9.17) is 4.74 Å². The molecule has 0 spiro atoms. The minimum Gasteiger partial charge on any atom is -0.379 e. The van der Waals surface area contributed by atoms with Gasteiger partial charge in [-0.2, -0.15) is 0 Å². The Morgan fingerprint density at radius 1 is 1.14 bits per heavy atom. The maximum atomic E-state index is 5.48. The quantitative estimate of drug-likeness (QED) is 0.576. The number of unbranched alkanes of at least 4 members (excludes halogenated alkanes) is 3. The van der Waals surface area contributed by atoms with Gasteiger partial charge in [-0.15, -0.1) is 0 Å². The average molecular weight is 199 g/mol. The Morgan fingerprint density at radius 3 is 2.50 bits per heavy atom. The first-order valence-electron chi connectivity index (χ1n) is 6.14. The van der Waals surface area contributed by atoms with Crippen LogP contribution in [0.25, 0.3) is 0 Å². The number of ether oxygens (including phenoxy) is 1. The zero-order valence-electron chi connectivity index (χ0n) is 9.72. The molecule has 0 aromatic heterocycles. The van der Waals surface area contributed by atoms with Crippen molar-refractivity contribution < 1.29 is 4.74 Å². The summed E-state index contributed by atoms with van der Waals surface area (Å²) in [7, 11) is 0. The molecular weight excluding hydrogens is 174 g/mol. The zero-order chi connectivity index (χ0) is 10.2. The number of rotatable bonds is 9. The molecule has 0 aromatic carbocycles. The average Bonchev–Trinajstić information content (AvgIpc) is 2.92. The molecular formula is C12H25NO. The highest BCUT2D eigenvalue weighted by atomic mass is 16.5. The zero-order valence-corrected chi connectivity index (χ0v) is 9.72. The summed E-state index contributed by atoms with van der Waals surface area (Å²) in [5.74, 6) is 0. The predicted molar refractivity (Wildman–Crippen MR) is 60.6 cm³/mol. The van der Waals surface area contributed by atoms with E-state index in [1.807, 2.05) is 0 Å². The molecule has 0 unspecified atom stereocenters. The van der Waals surface area contributed by atoms with Crippen LogP contribution < -0.4 is 5.32 Å². The fourth-order valence-electron chi connectivity index (χ4n) is 1.49. The highest BCUT2D eigenvalue weighted by Crippen LogP contribution is 2.18. The summed E-state index contributed by atoms with van der Waals surface area (Å²) in [5.41, 5.74) is 0. The van der Waals surface area contributed by atoms with E-state index in [2.05, 4.69) is 19.2 Å². The van der Waals surface area contributed by atoms with Crippen molar-refractivity contribution in [3.63, 3.8) is 0 Å². The predicted octanol–water partition coefficient (Wildman–Crippen LogP) is 2.72. The summed E-state index contributed by atoms with van der Waals surface area (Å²) in [4.78, 5) is 0. The molecule has 0 heterocycles. The van der Waals surface area contributed by atoms with Gasteiger partial charge in [0.1, 0.15) is 0 Å². The molecule has 0 atom stereocenters. The van der Waals surface area contributed by atoms with E-state index in [0.29, 0.717) is 6.10 Å². The minimum atomic E-state index is 0.395. The molecule has 0 bridgehead atoms. The molecule has 0 saturated heterocycles. The highest BCUT2D eigenvalue weighted by Gasteiger charge is 2.19. The molecule has 1 rings (SSSR count). The van der Waals surface area contributed by atoms with E-state index < -0.39 is 0 Å². The van der Waals surface area contributed by atoms with Crippen LogP contribution in [0.4, 0.5) is 0 Å². The molecule has 0 aromatic rings. The van der Waals surface area contributed by atoms with Crippen molar-refractivity contribution in [1.29, 1.82) is 0 Å². The standard InChI is InChI=1S/C12H25NO/c1-11(2)14-10-6-4-3-5-9-13-12-7-8-12/h11-13H,3-10H2,1-2H3. The van der Waals surface area contributed by atoms with Crippen molar-refractivity contribution in [3.8, 4) is 0 Å². The van der Waals surface area contributed by atoms with Crippen LogP contribution >= 0.6 is 0 Å². The summed E-state index contributed by atoms with van der Waals surface area (Å²) in [5, 5.41) is 3.53. The Bertz CT molecular complexity index is 124. The van der Waals surface area contributed by atoms with Gasteiger partial charge in [-0.1, -0.05) is 12.8 Å². The van der Waals surface area contributed by atoms with Crippen LogP contribution in [-0.4, -0.2) is 25.3 Å². The molecule has 2 heteroatoms. The van der Waals surface area contributed by atoms with Crippen LogP contribution in [0.1, 0.15) is 52.4 Å². The summed E-state index contributed by atoms with van der Waals surface area (Å²) < 4.78 is 5.48. The van der Waals surface area contributed by atoms with E-state index in [0.717, 1.165) is 12.6 Å². The van der Waals surface area contributed by atoms with E-state index in [9.17, 15) is 0 Å². The van der Waals surface area contributed by atoms with Gasteiger partial charge in [-0.25, -0.2) is 0 Å². The molecule has 84 valence electrons. The normalized spacial score (nSPS) is 16.5. The van der Waals surface area contributed by atoms with Crippen LogP contribution in [0.3, 0.4) is 0 Å². The molecule has 0 amide bonds. The largest absolute Gasteiger partial charge is 0.379 e. The van der Waals surface area contributed by atoms with Gasteiger partial charge in [0.25, 0.3) is 0 Å². The molecule has 1 aliphatic carbocycles. The summed E-state index contributed by atoms with van der Waals surface area (Å²) >= 11 is 0. The Labute approximate surface area is 88.4 Å². The van der Waals surface area contributed by atoms with Crippen LogP contribution in [0, 0.1) is 0 Å². The maximum Gasteiger partial charge on any atom is 0.0518 e. The molecule has 1 N–H and O–H groups in total. The molecule has 14 heavy (non-hydrogen) atoms. The van der Waals surface area contributed by atoms with E-state index in [-0.39, 0.29) is 0 Å². The number of hydrogen-bond acceptors (Lipinski definition) is 2. The van der Waals surface area contributed by atoms with Gasteiger partial charge in [0.15, 0.2) is 0 Å². The lowest BCUT2D eigenvalue weighted by Crippen LogP contribution is -2.17. The van der Waals surface area contributed by atoms with Gasteiger partial charge < -0.3 is 10.1 Å². The lowest BCUT2D eigenvalue weighted by molar-refractivity contribution is 0.0757. The maximum absolute atomic E-state index is 5.48. The molecule has 1 aliphatic rings. The fraction of sp³-hybridized carbons (Fsp3) is 1.00. The Hall–Kier alpha value is -0.0800. The van der Waals surface area contributed by atoms with Crippen molar-refractivity contribution in [2.24, 2.45) is 0 Å². The lowest BCUT2D eigenvalue weighted by Gasteiger charge is -2.07. The van der Waals surface area contributed by atoms with E-state index in [1.54, 1.807) is 0 Å². The molecule has 2 nitrogen and oxygen atoms in total. The topological polar surface area (TPSA) is 21.3 Å². The third-order valence-electron chi connectivity index (χ3n) is 2.53. The lowest BCUT2D eigenvalue weighted by atomic mass is 10.2.